The highest BCUT2D eigenvalue weighted by Gasteiger charge is 2.51. The van der Waals surface area contributed by atoms with E-state index in [0.29, 0.717) is 6.42 Å². The van der Waals surface area contributed by atoms with Gasteiger partial charge in [0.2, 0.25) is 5.91 Å². The van der Waals surface area contributed by atoms with Crippen LogP contribution >= 0.6 is 0 Å². The predicted octanol–water partition coefficient (Wildman–Crippen LogP) is 16.0. The summed E-state index contributed by atoms with van der Waals surface area (Å²) in [6, 6.07) is -0.924. The zero-order valence-electron chi connectivity index (χ0n) is 57.6. The van der Waals surface area contributed by atoms with Crippen molar-refractivity contribution in [1.29, 1.82) is 0 Å². The molecule has 2 heterocycles. The Balaban J connectivity index is 1.67. The lowest BCUT2D eigenvalue weighted by Gasteiger charge is -2.46. The van der Waals surface area contributed by atoms with Gasteiger partial charge in [0, 0.05) is 6.42 Å². The van der Waals surface area contributed by atoms with Crippen LogP contribution in [0.15, 0.2) is 85.1 Å². The fraction of sp³-hybridized carbons (Fsp3) is 0.805. The zero-order valence-corrected chi connectivity index (χ0v) is 57.6. The second kappa shape index (κ2) is 60.8. The molecule has 0 aromatic heterocycles. The molecule has 91 heavy (non-hydrogen) atoms. The van der Waals surface area contributed by atoms with Crippen molar-refractivity contribution in [3.63, 3.8) is 0 Å². The first-order chi connectivity index (χ1) is 44.6. The maximum atomic E-state index is 13.4. The third-order valence-corrected chi connectivity index (χ3v) is 17.8. The molecule has 2 saturated heterocycles. The number of hydrogen-bond acceptors (Lipinski definition) is 13. The molecular formula is C77H137NO13. The summed E-state index contributed by atoms with van der Waals surface area (Å²) < 4.78 is 22.9. The van der Waals surface area contributed by atoms with Crippen LogP contribution in [0.2, 0.25) is 0 Å². The summed E-state index contributed by atoms with van der Waals surface area (Å²) >= 11 is 0. The Hall–Kier alpha value is -2.83. The second-order valence-corrected chi connectivity index (χ2v) is 26.0. The highest BCUT2D eigenvalue weighted by molar-refractivity contribution is 5.76. The van der Waals surface area contributed by atoms with Gasteiger partial charge in [0.05, 0.1) is 32.0 Å². The highest BCUT2D eigenvalue weighted by Crippen LogP contribution is 2.30. The fourth-order valence-corrected chi connectivity index (χ4v) is 11.9. The van der Waals surface area contributed by atoms with E-state index in [-0.39, 0.29) is 18.9 Å². The average molecular weight is 1280 g/mol. The molecule has 0 aromatic rings. The summed E-state index contributed by atoms with van der Waals surface area (Å²) in [5.74, 6) is -0.244. The number of carbonyl (C=O) groups is 1. The number of aliphatic hydroxyl groups excluding tert-OH is 8. The maximum absolute atomic E-state index is 13.4. The quantitative estimate of drug-likeness (QED) is 0.0204. The summed E-state index contributed by atoms with van der Waals surface area (Å²) in [7, 11) is 0. The first kappa shape index (κ1) is 84.3. The molecular weight excluding hydrogens is 1150 g/mol. The van der Waals surface area contributed by atoms with Crippen LogP contribution in [0.5, 0.6) is 0 Å². The summed E-state index contributed by atoms with van der Waals surface area (Å²) in [4.78, 5) is 13.4. The van der Waals surface area contributed by atoms with Crippen molar-refractivity contribution in [2.45, 2.75) is 376 Å². The van der Waals surface area contributed by atoms with E-state index in [9.17, 15) is 45.6 Å². The van der Waals surface area contributed by atoms with Gasteiger partial charge in [0.15, 0.2) is 12.6 Å². The van der Waals surface area contributed by atoms with Crippen LogP contribution in [0, 0.1) is 0 Å². The van der Waals surface area contributed by atoms with Crippen molar-refractivity contribution >= 4 is 5.91 Å². The van der Waals surface area contributed by atoms with E-state index < -0.39 is 86.8 Å². The zero-order chi connectivity index (χ0) is 65.9. The summed E-state index contributed by atoms with van der Waals surface area (Å²) in [6.07, 6.45) is 67.8. The molecule has 2 fully saturated rings. The molecule has 528 valence electrons. The standard InChI is InChI=1S/C77H137NO13/c1-3-5-7-9-11-13-15-17-19-21-23-25-27-29-31-33-35-37-39-41-43-45-47-49-51-53-55-57-59-61-69(82)78-65(64-88-76-74(87)72(85)75(68(63-80)90-76)91-77-73(86)71(84)70(83)67(62-79)89-77)66(81)60-58-56-54-52-50-48-46-44-42-40-38-36-34-32-30-28-26-24-22-20-18-16-14-12-10-8-6-4-2/h5,7,11,13,17,19,23,25,29,31,35,37,58,60,65-68,70-77,79-81,83-87H,3-4,6,8-10,12,14-16,18,20-22,24,26-28,30,32-34,36,38-57,59,61-64H2,1-2H3,(H,78,82)/b7-5-,13-11-,19-17-,25-23-,31-29-,37-35-,60-58+. The number of nitrogens with one attached hydrogen (secondary N) is 1. The molecule has 2 rings (SSSR count). The number of rotatable bonds is 61. The van der Waals surface area contributed by atoms with Gasteiger partial charge >= 0.3 is 0 Å². The van der Waals surface area contributed by atoms with Gasteiger partial charge in [-0.1, -0.05) is 311 Å². The minimum Gasteiger partial charge on any atom is -0.394 e. The van der Waals surface area contributed by atoms with Crippen molar-refractivity contribution in [3.8, 4) is 0 Å². The molecule has 1 amide bonds. The SMILES string of the molecule is CC/C=C\C/C=C\C/C=C\C/C=C\C/C=C\C/C=C\CCCCCCCCCCCCC(=O)NC(COC1OC(CO)C(OC2OC(CO)C(O)C(O)C2O)C(O)C1O)C(O)/C=C/CCCCCCCCCCCCCCCCCCCCCCCCCCCC. The molecule has 0 spiro atoms. The Kier molecular flexibility index (Phi) is 56.3. The topological polar surface area (TPSA) is 228 Å². The normalized spacial score (nSPS) is 23.3. The highest BCUT2D eigenvalue weighted by atomic mass is 16.7. The monoisotopic (exact) mass is 1280 g/mol. The number of amides is 1. The fourth-order valence-electron chi connectivity index (χ4n) is 11.9. The van der Waals surface area contributed by atoms with Gasteiger partial charge in [-0.3, -0.25) is 4.79 Å². The van der Waals surface area contributed by atoms with Crippen molar-refractivity contribution < 1.29 is 64.6 Å². The van der Waals surface area contributed by atoms with Crippen molar-refractivity contribution in [3.05, 3.63) is 85.1 Å². The van der Waals surface area contributed by atoms with Crippen LogP contribution in [-0.4, -0.2) is 140 Å². The molecule has 14 heteroatoms. The average Bonchev–Trinajstić information content (AvgIpc) is 1.06. The molecule has 12 unspecified atom stereocenters. The number of hydrogen-bond donors (Lipinski definition) is 9. The first-order valence-corrected chi connectivity index (χ1v) is 37.3. The Morgan fingerprint density at radius 2 is 0.758 bits per heavy atom. The van der Waals surface area contributed by atoms with E-state index >= 15 is 0 Å². The van der Waals surface area contributed by atoms with E-state index in [1.165, 1.54) is 193 Å². The number of allylic oxidation sites excluding steroid dienone is 13. The summed E-state index contributed by atoms with van der Waals surface area (Å²) in [5, 5.41) is 87.6. The molecule has 0 saturated carbocycles. The Bertz CT molecular complexity index is 1850. The lowest BCUT2D eigenvalue weighted by atomic mass is 9.97. The van der Waals surface area contributed by atoms with Gasteiger partial charge < -0.3 is 65.1 Å². The van der Waals surface area contributed by atoms with Crippen LogP contribution in [0.3, 0.4) is 0 Å². The lowest BCUT2D eigenvalue weighted by molar-refractivity contribution is -0.359. The van der Waals surface area contributed by atoms with E-state index in [1.54, 1.807) is 6.08 Å². The number of aliphatic hydroxyl groups is 8. The van der Waals surface area contributed by atoms with Gasteiger partial charge in [0.1, 0.15) is 48.8 Å². The van der Waals surface area contributed by atoms with Gasteiger partial charge in [-0.2, -0.15) is 0 Å². The third kappa shape index (κ3) is 44.5. The Morgan fingerprint density at radius 3 is 1.16 bits per heavy atom. The van der Waals surface area contributed by atoms with Crippen LogP contribution in [-0.2, 0) is 23.7 Å². The predicted molar refractivity (Wildman–Crippen MR) is 373 cm³/mol. The van der Waals surface area contributed by atoms with E-state index in [4.69, 9.17) is 18.9 Å². The van der Waals surface area contributed by atoms with Gasteiger partial charge in [-0.25, -0.2) is 0 Å². The smallest absolute Gasteiger partial charge is 0.220 e. The minimum absolute atomic E-state index is 0.244. The third-order valence-electron chi connectivity index (χ3n) is 17.8. The molecule has 2 aliphatic rings. The molecule has 12 atom stereocenters. The molecule has 9 N–H and O–H groups in total. The van der Waals surface area contributed by atoms with Gasteiger partial charge in [-0.05, 0) is 70.6 Å². The Morgan fingerprint density at radius 1 is 0.407 bits per heavy atom. The minimum atomic E-state index is -1.79. The molecule has 0 aliphatic carbocycles. The van der Waals surface area contributed by atoms with Gasteiger partial charge in [-0.15, -0.1) is 0 Å². The van der Waals surface area contributed by atoms with Crippen LogP contribution in [0.1, 0.15) is 303 Å². The number of carbonyl (C=O) groups excluding carboxylic acids is 1. The second-order valence-electron chi connectivity index (χ2n) is 26.0. The lowest BCUT2D eigenvalue weighted by Crippen LogP contribution is -2.65. The van der Waals surface area contributed by atoms with E-state index in [0.717, 1.165) is 83.5 Å². The maximum Gasteiger partial charge on any atom is 0.220 e. The van der Waals surface area contributed by atoms with Crippen LogP contribution in [0.4, 0.5) is 0 Å². The largest absolute Gasteiger partial charge is 0.394 e. The first-order valence-electron chi connectivity index (χ1n) is 37.3. The molecule has 0 aromatic carbocycles. The molecule has 0 radical (unpaired) electrons. The Labute approximate surface area is 554 Å². The van der Waals surface area contributed by atoms with E-state index in [1.807, 2.05) is 6.08 Å². The summed E-state index contributed by atoms with van der Waals surface area (Å²) in [5.41, 5.74) is 0. The number of ether oxygens (including phenoxy) is 4. The van der Waals surface area contributed by atoms with Crippen LogP contribution in [0.25, 0.3) is 0 Å². The molecule has 14 nitrogen and oxygen atoms in total. The van der Waals surface area contributed by atoms with Crippen LogP contribution < -0.4 is 5.32 Å². The van der Waals surface area contributed by atoms with Crippen molar-refractivity contribution in [2.75, 3.05) is 19.8 Å². The van der Waals surface area contributed by atoms with Crippen molar-refractivity contribution in [2.24, 2.45) is 0 Å². The van der Waals surface area contributed by atoms with Crippen molar-refractivity contribution in [1.82, 2.24) is 5.32 Å². The van der Waals surface area contributed by atoms with E-state index in [2.05, 4.69) is 92.1 Å². The summed E-state index contributed by atoms with van der Waals surface area (Å²) in [6.45, 7) is 2.72. The molecule has 0 bridgehead atoms. The molecule has 2 aliphatic heterocycles. The van der Waals surface area contributed by atoms with Gasteiger partial charge in [0.25, 0.3) is 0 Å². The number of unbranched alkanes of at least 4 members (excludes halogenated alkanes) is 36.